The van der Waals surface area contributed by atoms with Crippen molar-refractivity contribution in [2.75, 3.05) is 25.6 Å². The van der Waals surface area contributed by atoms with E-state index in [0.717, 1.165) is 11.3 Å². The van der Waals surface area contributed by atoms with Crippen molar-refractivity contribution in [3.63, 3.8) is 0 Å². The minimum Gasteiger partial charge on any atom is -0.493 e. The summed E-state index contributed by atoms with van der Waals surface area (Å²) in [5.41, 5.74) is 1.68. The Hall–Kier alpha value is -4.25. The number of ether oxygens (including phenoxy) is 3. The molecule has 3 aromatic rings. The maximum absolute atomic E-state index is 12.3. The number of aryl methyl sites for hydroxylation is 2. The van der Waals surface area contributed by atoms with E-state index in [-0.39, 0.29) is 11.4 Å². The lowest BCUT2D eigenvalue weighted by atomic mass is 10.1. The fourth-order valence-electron chi connectivity index (χ4n) is 2.76. The Kier molecular flexibility index (Phi) is 7.49. The molecule has 0 aliphatic rings. The zero-order valence-corrected chi connectivity index (χ0v) is 18.0. The van der Waals surface area contributed by atoms with E-state index in [4.69, 9.17) is 18.7 Å². The van der Waals surface area contributed by atoms with E-state index in [1.165, 1.54) is 13.2 Å². The molecule has 0 aliphatic carbocycles. The molecule has 0 spiro atoms. The van der Waals surface area contributed by atoms with Gasteiger partial charge >= 0.3 is 0 Å². The fraction of sp³-hybridized carbons (Fsp3) is 0.208. The van der Waals surface area contributed by atoms with E-state index >= 15 is 0 Å². The first-order chi connectivity index (χ1) is 15.5. The second kappa shape index (κ2) is 10.7. The van der Waals surface area contributed by atoms with E-state index in [9.17, 15) is 10.1 Å². The van der Waals surface area contributed by atoms with Crippen molar-refractivity contribution in [2.24, 2.45) is 0 Å². The number of hydrogen-bond donors (Lipinski definition) is 1. The third-order valence-corrected chi connectivity index (χ3v) is 4.36. The van der Waals surface area contributed by atoms with E-state index in [1.54, 1.807) is 31.2 Å². The minimum absolute atomic E-state index is 0.0899. The molecule has 0 unspecified atom stereocenters. The van der Waals surface area contributed by atoms with Gasteiger partial charge in [0, 0.05) is 6.07 Å². The first-order valence-corrected chi connectivity index (χ1v) is 9.85. The van der Waals surface area contributed by atoms with Gasteiger partial charge in [-0.1, -0.05) is 28.9 Å². The maximum atomic E-state index is 12.3. The van der Waals surface area contributed by atoms with Gasteiger partial charge in [-0.15, -0.1) is 0 Å². The number of carbonyl (C=O) groups is 1. The van der Waals surface area contributed by atoms with E-state index < -0.39 is 5.91 Å². The van der Waals surface area contributed by atoms with Crippen LogP contribution in [0.3, 0.4) is 0 Å². The van der Waals surface area contributed by atoms with Gasteiger partial charge in [-0.25, -0.2) is 0 Å². The summed E-state index contributed by atoms with van der Waals surface area (Å²) in [6, 6.07) is 16.3. The number of nitrogens with zero attached hydrogens (tertiary/aromatic N) is 2. The Morgan fingerprint density at radius 3 is 2.50 bits per heavy atom. The average molecular weight is 433 g/mol. The van der Waals surface area contributed by atoms with Crippen LogP contribution in [0.15, 0.2) is 58.6 Å². The first kappa shape index (κ1) is 22.4. The van der Waals surface area contributed by atoms with Crippen molar-refractivity contribution in [1.29, 1.82) is 5.26 Å². The summed E-state index contributed by atoms with van der Waals surface area (Å²) in [7, 11) is 1.52. The van der Waals surface area contributed by atoms with Crippen molar-refractivity contribution in [2.45, 2.75) is 13.8 Å². The van der Waals surface area contributed by atoms with Crippen LogP contribution in [0.2, 0.25) is 0 Å². The summed E-state index contributed by atoms with van der Waals surface area (Å²) in [6.45, 7) is 4.41. The molecular formula is C24H23N3O5. The summed E-state index contributed by atoms with van der Waals surface area (Å²) in [5, 5.41) is 15.6. The molecular weight excluding hydrogens is 410 g/mol. The zero-order chi connectivity index (χ0) is 22.9. The monoisotopic (exact) mass is 433 g/mol. The molecule has 164 valence electrons. The van der Waals surface area contributed by atoms with Gasteiger partial charge < -0.3 is 24.1 Å². The van der Waals surface area contributed by atoms with E-state index in [1.807, 2.05) is 37.3 Å². The van der Waals surface area contributed by atoms with Crippen molar-refractivity contribution in [3.8, 4) is 23.3 Å². The highest BCUT2D eigenvalue weighted by molar-refractivity contribution is 6.09. The summed E-state index contributed by atoms with van der Waals surface area (Å²) in [6.07, 6.45) is 1.45. The second-order valence-corrected chi connectivity index (χ2v) is 6.87. The normalized spacial score (nSPS) is 10.9. The Morgan fingerprint density at radius 1 is 1.09 bits per heavy atom. The van der Waals surface area contributed by atoms with E-state index in [0.29, 0.717) is 36.0 Å². The van der Waals surface area contributed by atoms with E-state index in [2.05, 4.69) is 10.5 Å². The Morgan fingerprint density at radius 2 is 1.84 bits per heavy atom. The van der Waals surface area contributed by atoms with Gasteiger partial charge in [-0.3, -0.25) is 4.79 Å². The number of amides is 1. The molecule has 1 amide bonds. The van der Waals surface area contributed by atoms with Crippen LogP contribution in [0.1, 0.15) is 16.9 Å². The number of methoxy groups -OCH3 is 1. The third kappa shape index (κ3) is 6.12. The van der Waals surface area contributed by atoms with Gasteiger partial charge in [-0.05, 0) is 49.8 Å². The van der Waals surface area contributed by atoms with Crippen molar-refractivity contribution < 1.29 is 23.5 Å². The molecule has 8 heteroatoms. The number of nitrogens with one attached hydrogen (secondary N) is 1. The van der Waals surface area contributed by atoms with Crippen LogP contribution in [-0.4, -0.2) is 31.4 Å². The number of anilines is 1. The molecule has 32 heavy (non-hydrogen) atoms. The molecule has 0 aliphatic heterocycles. The predicted molar refractivity (Wildman–Crippen MR) is 119 cm³/mol. The molecule has 0 saturated carbocycles. The van der Waals surface area contributed by atoms with Crippen molar-refractivity contribution >= 4 is 17.8 Å². The fourth-order valence-corrected chi connectivity index (χ4v) is 2.76. The van der Waals surface area contributed by atoms with Crippen LogP contribution in [0, 0.1) is 25.2 Å². The number of benzene rings is 2. The molecule has 2 aromatic carbocycles. The number of carbonyl (C=O) groups excluding carboxylic acids is 1. The summed E-state index contributed by atoms with van der Waals surface area (Å²) in [4.78, 5) is 12.3. The highest BCUT2D eigenvalue weighted by Gasteiger charge is 2.13. The van der Waals surface area contributed by atoms with Gasteiger partial charge in [0.05, 0.1) is 7.11 Å². The zero-order valence-electron chi connectivity index (χ0n) is 18.0. The SMILES string of the molecule is COc1cc(C=C(C#N)C(=O)Nc2cc(C)on2)ccc1OCCOc1ccc(C)cc1. The Bertz CT molecular complexity index is 1140. The highest BCUT2D eigenvalue weighted by Crippen LogP contribution is 2.29. The lowest BCUT2D eigenvalue weighted by Gasteiger charge is -2.12. The van der Waals surface area contributed by atoms with Crippen LogP contribution in [0.4, 0.5) is 5.82 Å². The molecule has 8 nitrogen and oxygen atoms in total. The van der Waals surface area contributed by atoms with Crippen LogP contribution < -0.4 is 19.5 Å². The van der Waals surface area contributed by atoms with Crippen molar-refractivity contribution in [1.82, 2.24) is 5.16 Å². The first-order valence-electron chi connectivity index (χ1n) is 9.85. The smallest absolute Gasteiger partial charge is 0.267 e. The highest BCUT2D eigenvalue weighted by atomic mass is 16.5. The molecule has 0 atom stereocenters. The molecule has 0 radical (unpaired) electrons. The lowest BCUT2D eigenvalue weighted by molar-refractivity contribution is -0.112. The van der Waals surface area contributed by atoms with Crippen LogP contribution in [-0.2, 0) is 4.79 Å². The van der Waals surface area contributed by atoms with Gasteiger partial charge in [0.15, 0.2) is 17.3 Å². The number of nitriles is 1. The van der Waals surface area contributed by atoms with Gasteiger partial charge in [0.1, 0.15) is 36.4 Å². The number of hydrogen-bond acceptors (Lipinski definition) is 7. The average Bonchev–Trinajstić information content (AvgIpc) is 3.21. The summed E-state index contributed by atoms with van der Waals surface area (Å²) < 4.78 is 21.7. The maximum Gasteiger partial charge on any atom is 0.267 e. The van der Waals surface area contributed by atoms with Gasteiger partial charge in [0.25, 0.3) is 5.91 Å². The van der Waals surface area contributed by atoms with Crippen LogP contribution >= 0.6 is 0 Å². The minimum atomic E-state index is -0.589. The topological polar surface area (TPSA) is 107 Å². The Labute approximate surface area is 186 Å². The summed E-state index contributed by atoms with van der Waals surface area (Å²) >= 11 is 0. The van der Waals surface area contributed by atoms with Gasteiger partial charge in [0.2, 0.25) is 0 Å². The molecule has 1 heterocycles. The molecule has 3 rings (SSSR count). The lowest BCUT2D eigenvalue weighted by Crippen LogP contribution is -2.13. The largest absolute Gasteiger partial charge is 0.493 e. The number of aromatic nitrogens is 1. The van der Waals surface area contributed by atoms with Gasteiger partial charge in [-0.2, -0.15) is 5.26 Å². The van der Waals surface area contributed by atoms with Crippen LogP contribution in [0.25, 0.3) is 6.08 Å². The Balaban J connectivity index is 1.62. The molecule has 1 aromatic heterocycles. The quantitative estimate of drug-likeness (QED) is 0.304. The second-order valence-electron chi connectivity index (χ2n) is 6.87. The van der Waals surface area contributed by atoms with Crippen LogP contribution in [0.5, 0.6) is 17.2 Å². The number of rotatable bonds is 9. The third-order valence-electron chi connectivity index (χ3n) is 4.36. The summed E-state index contributed by atoms with van der Waals surface area (Å²) in [5.74, 6) is 1.97. The van der Waals surface area contributed by atoms with Crippen molar-refractivity contribution in [3.05, 3.63) is 71.0 Å². The molecule has 0 saturated heterocycles. The molecule has 1 N–H and O–H groups in total. The molecule has 0 fully saturated rings. The molecule has 0 bridgehead atoms. The predicted octanol–water partition coefficient (Wildman–Crippen LogP) is 4.30. The standard InChI is InChI=1S/C24H23N3O5/c1-16-4-7-20(8-5-16)30-10-11-31-21-9-6-18(14-22(21)29-3)13-19(15-25)24(28)26-23-12-17(2)32-27-23/h4-9,12-14H,10-11H2,1-3H3,(H,26,27,28).